The van der Waals surface area contributed by atoms with Crippen molar-refractivity contribution in [2.75, 3.05) is 6.54 Å². The maximum absolute atomic E-state index is 12.7. The van der Waals surface area contributed by atoms with E-state index in [9.17, 15) is 29.1 Å². The van der Waals surface area contributed by atoms with Crippen LogP contribution in [0.15, 0.2) is 0 Å². The molecule has 0 aromatic rings. The van der Waals surface area contributed by atoms with E-state index in [0.717, 1.165) is 0 Å². The summed E-state index contributed by atoms with van der Waals surface area (Å²) in [5.41, 5.74) is 16.1. The van der Waals surface area contributed by atoms with E-state index in [2.05, 4.69) is 16.0 Å². The standard InChI is InChI=1S/C18H34N6O6/c1-9(2)14(18(29)30)24-17(28)12(8-13(21)25)23-16(27)11(6-4-5-7-19)22-15(26)10(3)20/h9-12,14H,4-8,19-20H2,1-3H3,(H2,21,25)(H,22,26)(H,23,27)(H,24,28)(H,29,30)/t10-,11-,12-,14-/m0/s1. The van der Waals surface area contributed by atoms with E-state index in [4.69, 9.17) is 17.2 Å². The molecule has 0 aromatic heterocycles. The molecule has 0 heterocycles. The molecule has 0 fully saturated rings. The van der Waals surface area contributed by atoms with Crippen LogP contribution in [-0.2, 0) is 24.0 Å². The minimum absolute atomic E-state index is 0.232. The van der Waals surface area contributed by atoms with Crippen LogP contribution in [-0.4, -0.2) is 65.4 Å². The highest BCUT2D eigenvalue weighted by Gasteiger charge is 2.31. The zero-order valence-corrected chi connectivity index (χ0v) is 17.6. The second-order valence-corrected chi connectivity index (χ2v) is 7.43. The van der Waals surface area contributed by atoms with Crippen LogP contribution in [0.4, 0.5) is 0 Å². The Bertz CT molecular complexity index is 624. The number of hydrogen-bond donors (Lipinski definition) is 7. The number of carboxylic acid groups (broad SMARTS) is 1. The molecule has 0 saturated carbocycles. The Morgan fingerprint density at radius 2 is 1.40 bits per heavy atom. The molecular weight excluding hydrogens is 396 g/mol. The Kier molecular flexibility index (Phi) is 12.3. The molecule has 0 bridgehead atoms. The van der Waals surface area contributed by atoms with Crippen LogP contribution < -0.4 is 33.2 Å². The van der Waals surface area contributed by atoms with Gasteiger partial charge in [0.1, 0.15) is 18.1 Å². The number of unbranched alkanes of at least 4 members (excludes halogenated alkanes) is 1. The van der Waals surface area contributed by atoms with Gasteiger partial charge in [-0.05, 0) is 38.6 Å². The largest absolute Gasteiger partial charge is 0.480 e. The lowest BCUT2D eigenvalue weighted by Gasteiger charge is -2.25. The Labute approximate surface area is 175 Å². The summed E-state index contributed by atoms with van der Waals surface area (Å²) in [7, 11) is 0. The van der Waals surface area contributed by atoms with Crippen molar-refractivity contribution in [3.8, 4) is 0 Å². The fraction of sp³-hybridized carbons (Fsp3) is 0.722. The molecule has 10 N–H and O–H groups in total. The smallest absolute Gasteiger partial charge is 0.326 e. The second kappa shape index (κ2) is 13.5. The summed E-state index contributed by atoms with van der Waals surface area (Å²) in [5, 5.41) is 16.4. The molecule has 0 aliphatic rings. The van der Waals surface area contributed by atoms with Crippen LogP contribution in [0.25, 0.3) is 0 Å². The first-order valence-corrected chi connectivity index (χ1v) is 9.78. The first kappa shape index (κ1) is 27.3. The van der Waals surface area contributed by atoms with Gasteiger partial charge in [0.2, 0.25) is 23.6 Å². The number of carboxylic acids is 1. The van der Waals surface area contributed by atoms with Gasteiger partial charge in [-0.1, -0.05) is 13.8 Å². The molecule has 12 heteroatoms. The highest BCUT2D eigenvalue weighted by Crippen LogP contribution is 2.06. The quantitative estimate of drug-likeness (QED) is 0.146. The van der Waals surface area contributed by atoms with E-state index >= 15 is 0 Å². The van der Waals surface area contributed by atoms with Gasteiger partial charge in [0, 0.05) is 0 Å². The van der Waals surface area contributed by atoms with Crippen molar-refractivity contribution in [1.29, 1.82) is 0 Å². The van der Waals surface area contributed by atoms with Crippen molar-refractivity contribution in [3.05, 3.63) is 0 Å². The summed E-state index contributed by atoms with van der Waals surface area (Å²) >= 11 is 0. The van der Waals surface area contributed by atoms with Crippen LogP contribution in [0.5, 0.6) is 0 Å². The predicted molar refractivity (Wildman–Crippen MR) is 109 cm³/mol. The van der Waals surface area contributed by atoms with E-state index in [-0.39, 0.29) is 6.42 Å². The fourth-order valence-electron chi connectivity index (χ4n) is 2.51. The van der Waals surface area contributed by atoms with Gasteiger partial charge in [-0.3, -0.25) is 19.2 Å². The van der Waals surface area contributed by atoms with Crippen molar-refractivity contribution in [2.24, 2.45) is 23.1 Å². The van der Waals surface area contributed by atoms with Gasteiger partial charge < -0.3 is 38.3 Å². The number of nitrogens with two attached hydrogens (primary N) is 3. The molecule has 0 saturated heterocycles. The summed E-state index contributed by atoms with van der Waals surface area (Å²) in [6, 6.07) is -4.50. The molecule has 0 aromatic carbocycles. The molecule has 4 amide bonds. The third-order valence-electron chi connectivity index (χ3n) is 4.26. The van der Waals surface area contributed by atoms with Crippen LogP contribution in [0.1, 0.15) is 46.5 Å². The maximum atomic E-state index is 12.7. The van der Waals surface area contributed by atoms with Gasteiger partial charge in [0.25, 0.3) is 0 Å². The summed E-state index contributed by atoms with van der Waals surface area (Å²) in [6.45, 7) is 5.04. The number of amides is 4. The highest BCUT2D eigenvalue weighted by atomic mass is 16.4. The van der Waals surface area contributed by atoms with Gasteiger partial charge in [-0.25, -0.2) is 4.79 Å². The predicted octanol–water partition coefficient (Wildman–Crippen LogP) is -2.47. The van der Waals surface area contributed by atoms with Crippen LogP contribution >= 0.6 is 0 Å². The summed E-state index contributed by atoms with van der Waals surface area (Å²) < 4.78 is 0. The molecule has 0 spiro atoms. The summed E-state index contributed by atoms with van der Waals surface area (Å²) in [4.78, 5) is 59.8. The number of carbonyl (C=O) groups is 5. The zero-order chi connectivity index (χ0) is 23.4. The van der Waals surface area contributed by atoms with E-state index in [0.29, 0.717) is 19.4 Å². The van der Waals surface area contributed by atoms with Gasteiger partial charge in [-0.2, -0.15) is 0 Å². The fourth-order valence-corrected chi connectivity index (χ4v) is 2.51. The Morgan fingerprint density at radius 1 is 0.867 bits per heavy atom. The molecule has 30 heavy (non-hydrogen) atoms. The van der Waals surface area contributed by atoms with Crippen LogP contribution in [0.3, 0.4) is 0 Å². The van der Waals surface area contributed by atoms with Crippen molar-refractivity contribution in [2.45, 2.75) is 70.6 Å². The summed E-state index contributed by atoms with van der Waals surface area (Å²) in [6.07, 6.45) is 0.821. The highest BCUT2D eigenvalue weighted by molar-refractivity contribution is 5.96. The third kappa shape index (κ3) is 10.2. The lowest BCUT2D eigenvalue weighted by molar-refractivity contribution is -0.143. The Balaban J connectivity index is 5.41. The topological polar surface area (TPSA) is 220 Å². The Morgan fingerprint density at radius 3 is 1.83 bits per heavy atom. The number of hydrogen-bond acceptors (Lipinski definition) is 7. The van der Waals surface area contributed by atoms with E-state index in [1.807, 2.05) is 0 Å². The first-order chi connectivity index (χ1) is 13.9. The monoisotopic (exact) mass is 430 g/mol. The molecule has 12 nitrogen and oxygen atoms in total. The molecule has 4 atom stereocenters. The number of nitrogens with one attached hydrogen (secondary N) is 3. The SMILES string of the molecule is CC(C)[C@H](NC(=O)[C@H](CC(N)=O)NC(=O)[C@H](CCCCN)NC(=O)[C@H](C)N)C(=O)O. The minimum atomic E-state index is -1.40. The second-order valence-electron chi connectivity index (χ2n) is 7.43. The van der Waals surface area contributed by atoms with Crippen LogP contribution in [0.2, 0.25) is 0 Å². The lowest BCUT2D eigenvalue weighted by Crippen LogP contribution is -2.58. The van der Waals surface area contributed by atoms with E-state index < -0.39 is 66.1 Å². The van der Waals surface area contributed by atoms with E-state index in [1.54, 1.807) is 13.8 Å². The number of carbonyl (C=O) groups excluding carboxylic acids is 4. The van der Waals surface area contributed by atoms with Gasteiger partial charge in [0.05, 0.1) is 12.5 Å². The third-order valence-corrected chi connectivity index (χ3v) is 4.26. The normalized spacial score (nSPS) is 14.9. The number of rotatable bonds is 14. The zero-order valence-electron chi connectivity index (χ0n) is 17.6. The number of aliphatic carboxylic acids is 1. The van der Waals surface area contributed by atoms with Crippen molar-refractivity contribution in [3.63, 3.8) is 0 Å². The average molecular weight is 431 g/mol. The molecule has 0 radical (unpaired) electrons. The van der Waals surface area contributed by atoms with Gasteiger partial charge >= 0.3 is 5.97 Å². The Hall–Kier alpha value is -2.73. The molecular formula is C18H34N6O6. The minimum Gasteiger partial charge on any atom is -0.480 e. The number of primary amides is 1. The maximum Gasteiger partial charge on any atom is 0.326 e. The molecule has 0 unspecified atom stereocenters. The van der Waals surface area contributed by atoms with Crippen molar-refractivity contribution >= 4 is 29.6 Å². The van der Waals surface area contributed by atoms with Crippen molar-refractivity contribution < 1.29 is 29.1 Å². The first-order valence-electron chi connectivity index (χ1n) is 9.78. The van der Waals surface area contributed by atoms with E-state index in [1.165, 1.54) is 6.92 Å². The van der Waals surface area contributed by atoms with Gasteiger partial charge in [0.15, 0.2) is 0 Å². The van der Waals surface area contributed by atoms with Crippen molar-refractivity contribution in [1.82, 2.24) is 16.0 Å². The summed E-state index contributed by atoms with van der Waals surface area (Å²) in [5.74, 6) is -4.73. The average Bonchev–Trinajstić information content (AvgIpc) is 2.63. The molecule has 0 aliphatic carbocycles. The molecule has 0 rings (SSSR count). The molecule has 0 aliphatic heterocycles. The van der Waals surface area contributed by atoms with Crippen LogP contribution in [0, 0.1) is 5.92 Å². The molecule has 172 valence electrons. The van der Waals surface area contributed by atoms with Gasteiger partial charge in [-0.15, -0.1) is 0 Å². The lowest BCUT2D eigenvalue weighted by atomic mass is 10.0.